The minimum absolute atomic E-state index is 0.0797. The molecule has 10 heteroatoms. The van der Waals surface area contributed by atoms with Gasteiger partial charge in [-0.15, -0.1) is 0 Å². The first-order valence-corrected chi connectivity index (χ1v) is 12.1. The van der Waals surface area contributed by atoms with E-state index in [4.69, 9.17) is 0 Å². The summed E-state index contributed by atoms with van der Waals surface area (Å²) in [5.41, 5.74) is 0.834. The van der Waals surface area contributed by atoms with E-state index >= 15 is 0 Å². The van der Waals surface area contributed by atoms with E-state index in [9.17, 15) is 14.0 Å². The zero-order valence-corrected chi connectivity index (χ0v) is 19.1. The van der Waals surface area contributed by atoms with Crippen molar-refractivity contribution < 1.29 is 9.18 Å². The van der Waals surface area contributed by atoms with Crippen LogP contribution in [0.1, 0.15) is 26.7 Å². The summed E-state index contributed by atoms with van der Waals surface area (Å²) in [6.07, 6.45) is 2.24. The average molecular weight is 462 g/mol. The monoisotopic (exact) mass is 461 g/mol. The smallest absolute Gasteiger partial charge is 0.273 e. The van der Waals surface area contributed by atoms with Gasteiger partial charge in [-0.2, -0.15) is 4.98 Å². The highest BCUT2D eigenvalue weighted by Gasteiger charge is 2.22. The molecule has 1 aromatic carbocycles. The van der Waals surface area contributed by atoms with Gasteiger partial charge in [0.25, 0.3) is 5.56 Å². The minimum Gasteiger partial charge on any atom is -0.348 e. The van der Waals surface area contributed by atoms with Gasteiger partial charge < -0.3 is 10.2 Å². The number of anilines is 2. The van der Waals surface area contributed by atoms with Crippen molar-refractivity contribution in [1.82, 2.24) is 14.5 Å². The lowest BCUT2D eigenvalue weighted by Gasteiger charge is -2.29. The van der Waals surface area contributed by atoms with Crippen molar-refractivity contribution in [2.24, 2.45) is 5.92 Å². The summed E-state index contributed by atoms with van der Waals surface area (Å²) in [4.78, 5) is 36.8. The van der Waals surface area contributed by atoms with Crippen molar-refractivity contribution in [3.05, 3.63) is 40.4 Å². The summed E-state index contributed by atoms with van der Waals surface area (Å²) < 4.78 is 15.1. The van der Waals surface area contributed by atoms with E-state index < -0.39 is 0 Å². The van der Waals surface area contributed by atoms with Crippen LogP contribution in [0.25, 0.3) is 10.3 Å². The zero-order chi connectivity index (χ0) is 22.0. The van der Waals surface area contributed by atoms with Gasteiger partial charge in [-0.1, -0.05) is 30.0 Å². The van der Waals surface area contributed by atoms with Crippen molar-refractivity contribution in [3.63, 3.8) is 0 Å². The first-order chi connectivity index (χ1) is 14.9. The number of carbonyl (C=O) groups is 1. The number of aromatic nitrogens is 3. The Balaban J connectivity index is 1.52. The number of piperidine rings is 1. The van der Waals surface area contributed by atoms with Crippen LogP contribution in [0, 0.1) is 11.7 Å². The summed E-state index contributed by atoms with van der Waals surface area (Å²) in [6, 6.07) is 5.58. The Morgan fingerprint density at radius 1 is 1.26 bits per heavy atom. The Morgan fingerprint density at radius 3 is 2.65 bits per heavy atom. The van der Waals surface area contributed by atoms with Crippen LogP contribution in [0.5, 0.6) is 0 Å². The number of carbonyl (C=O) groups excluding carboxylic acids is 1. The highest BCUT2D eigenvalue weighted by molar-refractivity contribution is 7.99. The molecule has 0 unspecified atom stereocenters. The van der Waals surface area contributed by atoms with Gasteiger partial charge in [0, 0.05) is 25.3 Å². The Morgan fingerprint density at radius 2 is 1.97 bits per heavy atom. The molecule has 1 saturated heterocycles. The zero-order valence-electron chi connectivity index (χ0n) is 17.4. The summed E-state index contributed by atoms with van der Waals surface area (Å²) >= 11 is 2.59. The lowest BCUT2D eigenvalue weighted by molar-refractivity contribution is -0.113. The summed E-state index contributed by atoms with van der Waals surface area (Å²) in [5.74, 6) is 0.176. The standard InChI is InChI=1S/C21H24FN5O2S2/c1-3-27-19(29)17-18(24-20(31-17)26-10-8-13(2)9-11-26)25-21(27)30-12-16(28)23-15-6-4-14(22)5-7-15/h4-7,13H,3,8-12H2,1-2H3,(H,23,28). The largest absolute Gasteiger partial charge is 0.348 e. The lowest BCUT2D eigenvalue weighted by atomic mass is 10.00. The van der Waals surface area contributed by atoms with Crippen LogP contribution in [-0.4, -0.2) is 39.3 Å². The number of rotatable bonds is 6. The van der Waals surface area contributed by atoms with Crippen LogP contribution in [0.2, 0.25) is 0 Å². The predicted molar refractivity (Wildman–Crippen MR) is 124 cm³/mol. The third-order valence-corrected chi connectivity index (χ3v) is 7.37. The Hall–Kier alpha value is -2.46. The first-order valence-electron chi connectivity index (χ1n) is 10.3. The normalized spacial score (nSPS) is 14.9. The third kappa shape index (κ3) is 4.90. The number of nitrogens with one attached hydrogen (secondary N) is 1. The third-order valence-electron chi connectivity index (χ3n) is 5.30. The molecule has 1 N–H and O–H groups in total. The molecule has 3 heterocycles. The Kier molecular flexibility index (Phi) is 6.57. The second-order valence-corrected chi connectivity index (χ2v) is 9.53. The predicted octanol–water partition coefficient (Wildman–Crippen LogP) is 3.98. The molecular formula is C21H24FN5O2S2. The fraction of sp³-hybridized carbons (Fsp3) is 0.429. The second-order valence-electron chi connectivity index (χ2n) is 7.61. The van der Waals surface area contributed by atoms with Gasteiger partial charge in [-0.3, -0.25) is 14.2 Å². The number of fused-ring (bicyclic) bond motifs is 1. The molecule has 1 fully saturated rings. The van der Waals surface area contributed by atoms with Crippen molar-refractivity contribution in [1.29, 1.82) is 0 Å². The molecule has 0 aliphatic carbocycles. The molecule has 1 amide bonds. The molecule has 0 atom stereocenters. The SMILES string of the molecule is CCn1c(SCC(=O)Nc2ccc(F)cc2)nc2nc(N3CCC(C)CC3)sc2c1=O. The van der Waals surface area contributed by atoms with E-state index in [1.54, 1.807) is 4.57 Å². The van der Waals surface area contributed by atoms with E-state index in [1.807, 2.05) is 6.92 Å². The van der Waals surface area contributed by atoms with Crippen LogP contribution in [0.4, 0.5) is 15.2 Å². The van der Waals surface area contributed by atoms with Crippen molar-refractivity contribution >= 4 is 50.2 Å². The fourth-order valence-electron chi connectivity index (χ4n) is 3.46. The van der Waals surface area contributed by atoms with Gasteiger partial charge in [-0.25, -0.2) is 9.37 Å². The number of amides is 1. The fourth-order valence-corrected chi connectivity index (χ4v) is 5.32. The molecule has 31 heavy (non-hydrogen) atoms. The van der Waals surface area contributed by atoms with E-state index in [0.717, 1.165) is 31.1 Å². The molecule has 0 saturated carbocycles. The number of hydrogen-bond donors (Lipinski definition) is 1. The van der Waals surface area contributed by atoms with Crippen LogP contribution < -0.4 is 15.8 Å². The molecule has 0 bridgehead atoms. The number of halogens is 1. The summed E-state index contributed by atoms with van der Waals surface area (Å²) in [5, 5.41) is 4.03. The molecule has 7 nitrogen and oxygen atoms in total. The van der Waals surface area contributed by atoms with Gasteiger partial charge >= 0.3 is 0 Å². The second kappa shape index (κ2) is 9.35. The van der Waals surface area contributed by atoms with Crippen molar-refractivity contribution in [2.45, 2.75) is 38.4 Å². The van der Waals surface area contributed by atoms with Gasteiger partial charge in [0.2, 0.25) is 5.91 Å². The molecular weight excluding hydrogens is 437 g/mol. The first kappa shape index (κ1) is 21.8. The summed E-state index contributed by atoms with van der Waals surface area (Å²) in [7, 11) is 0. The van der Waals surface area contributed by atoms with Crippen LogP contribution >= 0.6 is 23.1 Å². The Bertz CT molecular complexity index is 1140. The molecule has 0 radical (unpaired) electrons. The van der Waals surface area contributed by atoms with Crippen LogP contribution in [0.15, 0.2) is 34.2 Å². The molecule has 1 aliphatic heterocycles. The van der Waals surface area contributed by atoms with Gasteiger partial charge in [0.15, 0.2) is 15.9 Å². The quantitative estimate of drug-likeness (QED) is 0.442. The molecule has 1 aliphatic rings. The maximum Gasteiger partial charge on any atom is 0.273 e. The van der Waals surface area contributed by atoms with Crippen LogP contribution in [-0.2, 0) is 11.3 Å². The number of thioether (sulfide) groups is 1. The highest BCUT2D eigenvalue weighted by atomic mass is 32.2. The Labute approximate surface area is 187 Å². The van der Waals surface area contributed by atoms with E-state index in [2.05, 4.69) is 27.1 Å². The van der Waals surface area contributed by atoms with Gasteiger partial charge in [-0.05, 0) is 49.9 Å². The average Bonchev–Trinajstić information content (AvgIpc) is 3.19. The maximum absolute atomic E-state index is 13.0. The van der Waals surface area contributed by atoms with Crippen molar-refractivity contribution in [3.8, 4) is 0 Å². The number of nitrogens with zero attached hydrogens (tertiary/aromatic N) is 4. The maximum atomic E-state index is 13.0. The molecule has 4 rings (SSSR count). The lowest BCUT2D eigenvalue weighted by Crippen LogP contribution is -2.32. The number of hydrogen-bond acceptors (Lipinski definition) is 7. The number of benzene rings is 1. The van der Waals surface area contributed by atoms with E-state index in [1.165, 1.54) is 47.4 Å². The van der Waals surface area contributed by atoms with E-state index in [-0.39, 0.29) is 23.0 Å². The van der Waals surface area contributed by atoms with E-state index in [0.29, 0.717) is 33.7 Å². The molecule has 164 valence electrons. The molecule has 0 spiro atoms. The van der Waals surface area contributed by atoms with Crippen LogP contribution in [0.3, 0.4) is 0 Å². The molecule has 3 aromatic rings. The van der Waals surface area contributed by atoms with Gasteiger partial charge in [0.05, 0.1) is 5.75 Å². The minimum atomic E-state index is -0.362. The topological polar surface area (TPSA) is 80.1 Å². The van der Waals surface area contributed by atoms with Gasteiger partial charge in [0.1, 0.15) is 10.5 Å². The highest BCUT2D eigenvalue weighted by Crippen LogP contribution is 2.30. The summed E-state index contributed by atoms with van der Waals surface area (Å²) in [6.45, 7) is 6.47. The molecule has 2 aromatic heterocycles. The van der Waals surface area contributed by atoms with Crippen molar-refractivity contribution in [2.75, 3.05) is 29.1 Å². The number of thiazole rings is 1.